The third-order valence-electron chi connectivity index (χ3n) is 4.82. The van der Waals surface area contributed by atoms with Crippen molar-refractivity contribution in [1.82, 2.24) is 15.1 Å². The Balaban J connectivity index is 2.02. The van der Waals surface area contributed by atoms with Gasteiger partial charge in [-0.05, 0) is 38.2 Å². The van der Waals surface area contributed by atoms with Gasteiger partial charge in [0.1, 0.15) is 11.1 Å². The predicted octanol–water partition coefficient (Wildman–Crippen LogP) is 3.09. The van der Waals surface area contributed by atoms with Crippen LogP contribution in [0.4, 0.5) is 0 Å². The summed E-state index contributed by atoms with van der Waals surface area (Å²) in [6.45, 7) is 5.93. The van der Waals surface area contributed by atoms with Crippen LogP contribution in [-0.2, 0) is 4.79 Å². The van der Waals surface area contributed by atoms with E-state index in [1.54, 1.807) is 0 Å². The van der Waals surface area contributed by atoms with E-state index >= 15 is 0 Å². The van der Waals surface area contributed by atoms with Gasteiger partial charge in [0.05, 0.1) is 17.0 Å². The average molecular weight is 332 g/mol. The molecule has 0 aliphatic heterocycles. The summed E-state index contributed by atoms with van der Waals surface area (Å²) in [5, 5.41) is 18.0. The van der Waals surface area contributed by atoms with E-state index < -0.39 is 0 Å². The maximum atomic E-state index is 12.5. The number of aromatic nitrogens is 2. The van der Waals surface area contributed by atoms with Gasteiger partial charge in [-0.15, -0.1) is 5.10 Å². The number of nitrogens with zero attached hydrogens (tertiary/aromatic N) is 4. The summed E-state index contributed by atoms with van der Waals surface area (Å²) in [4.78, 5) is 14.4. The van der Waals surface area contributed by atoms with Crippen molar-refractivity contribution in [3.63, 3.8) is 0 Å². The summed E-state index contributed by atoms with van der Waals surface area (Å²) in [6.07, 6.45) is 4.73. The van der Waals surface area contributed by atoms with Crippen LogP contribution in [0.5, 0.6) is 0 Å². The Hall–Kier alpha value is -1.61. The van der Waals surface area contributed by atoms with Gasteiger partial charge in [-0.2, -0.15) is 10.4 Å². The van der Waals surface area contributed by atoms with E-state index in [1.807, 2.05) is 25.8 Å². The third-order valence-corrected chi connectivity index (χ3v) is 5.77. The molecule has 1 fully saturated rings. The maximum Gasteiger partial charge on any atom is 0.232 e. The predicted molar refractivity (Wildman–Crippen MR) is 91.1 cm³/mol. The molecule has 0 unspecified atom stereocenters. The standard InChI is InChI=1S/C17H24N4OS/c1-11-7-5-6-8-15(11)21(4)16(22)10-23-17-14(9-18)12(2)13(3)19-20-17/h11,15H,5-8,10H2,1-4H3/t11-,15+/m0/s1. The van der Waals surface area contributed by atoms with Gasteiger partial charge in [0.2, 0.25) is 5.91 Å². The molecule has 1 aromatic heterocycles. The highest BCUT2D eigenvalue weighted by atomic mass is 32.2. The highest BCUT2D eigenvalue weighted by Crippen LogP contribution is 2.28. The van der Waals surface area contributed by atoms with E-state index in [4.69, 9.17) is 0 Å². The minimum atomic E-state index is 0.0951. The minimum absolute atomic E-state index is 0.0951. The van der Waals surface area contributed by atoms with Crippen molar-refractivity contribution in [1.29, 1.82) is 5.26 Å². The number of nitriles is 1. The number of rotatable bonds is 4. The second-order valence-corrected chi connectivity index (χ2v) is 7.29. The van der Waals surface area contributed by atoms with Crippen LogP contribution in [-0.4, -0.2) is 39.8 Å². The second-order valence-electron chi connectivity index (χ2n) is 6.32. The topological polar surface area (TPSA) is 69.9 Å². The molecule has 5 nitrogen and oxygen atoms in total. The molecular weight excluding hydrogens is 308 g/mol. The number of thioether (sulfide) groups is 1. The first-order valence-corrected chi connectivity index (χ1v) is 9.06. The van der Waals surface area contributed by atoms with Gasteiger partial charge in [0, 0.05) is 13.1 Å². The van der Waals surface area contributed by atoms with Gasteiger partial charge < -0.3 is 4.90 Å². The normalized spacial score (nSPS) is 20.8. The van der Waals surface area contributed by atoms with Gasteiger partial charge in [0.25, 0.3) is 0 Å². The van der Waals surface area contributed by atoms with Crippen molar-refractivity contribution >= 4 is 17.7 Å². The Morgan fingerprint density at radius 1 is 1.35 bits per heavy atom. The molecule has 0 bridgehead atoms. The second kappa shape index (κ2) is 7.78. The number of hydrogen-bond acceptors (Lipinski definition) is 5. The lowest BCUT2D eigenvalue weighted by Crippen LogP contribution is -2.43. The first kappa shape index (κ1) is 17.7. The molecule has 1 amide bonds. The lowest BCUT2D eigenvalue weighted by molar-refractivity contribution is -0.130. The van der Waals surface area contributed by atoms with Crippen LogP contribution in [0.2, 0.25) is 0 Å². The van der Waals surface area contributed by atoms with E-state index in [0.29, 0.717) is 28.3 Å². The number of hydrogen-bond donors (Lipinski definition) is 0. The number of carbonyl (C=O) groups excluding carboxylic acids is 1. The van der Waals surface area contributed by atoms with Crippen LogP contribution in [0.1, 0.15) is 49.4 Å². The SMILES string of the molecule is Cc1nnc(SCC(=O)N(C)[C@@H]2CCCC[C@@H]2C)c(C#N)c1C. The highest BCUT2D eigenvalue weighted by Gasteiger charge is 2.28. The van der Waals surface area contributed by atoms with Crippen molar-refractivity contribution in [3.05, 3.63) is 16.8 Å². The maximum absolute atomic E-state index is 12.5. The summed E-state index contributed by atoms with van der Waals surface area (Å²) < 4.78 is 0. The van der Waals surface area contributed by atoms with Crippen LogP contribution in [0.25, 0.3) is 0 Å². The summed E-state index contributed by atoms with van der Waals surface area (Å²) >= 11 is 1.31. The molecule has 6 heteroatoms. The molecule has 0 spiro atoms. The molecule has 2 atom stereocenters. The third kappa shape index (κ3) is 4.03. The first-order valence-electron chi connectivity index (χ1n) is 8.08. The largest absolute Gasteiger partial charge is 0.342 e. The van der Waals surface area contributed by atoms with Crippen LogP contribution < -0.4 is 0 Å². The number of carbonyl (C=O) groups is 1. The molecule has 2 rings (SSSR count). The van der Waals surface area contributed by atoms with Crippen molar-refractivity contribution in [2.75, 3.05) is 12.8 Å². The van der Waals surface area contributed by atoms with Crippen molar-refractivity contribution in [2.45, 2.75) is 57.5 Å². The number of aryl methyl sites for hydroxylation is 1. The average Bonchev–Trinajstić information content (AvgIpc) is 2.55. The van der Waals surface area contributed by atoms with Gasteiger partial charge in [-0.25, -0.2) is 0 Å². The monoisotopic (exact) mass is 332 g/mol. The quantitative estimate of drug-likeness (QED) is 0.792. The van der Waals surface area contributed by atoms with Gasteiger partial charge in [0.15, 0.2) is 0 Å². The smallest absolute Gasteiger partial charge is 0.232 e. The van der Waals surface area contributed by atoms with Crippen LogP contribution >= 0.6 is 11.8 Å². The lowest BCUT2D eigenvalue weighted by Gasteiger charge is -2.36. The Bertz CT molecular complexity index is 626. The van der Waals surface area contributed by atoms with Crippen molar-refractivity contribution in [2.24, 2.45) is 5.92 Å². The molecule has 1 aromatic rings. The molecule has 0 saturated heterocycles. The summed E-state index contributed by atoms with van der Waals surface area (Å²) in [6, 6.07) is 2.51. The number of amides is 1. The summed E-state index contributed by atoms with van der Waals surface area (Å²) in [7, 11) is 1.90. The molecular formula is C17H24N4OS. The lowest BCUT2D eigenvalue weighted by atomic mass is 9.85. The molecule has 1 aliphatic carbocycles. The summed E-state index contributed by atoms with van der Waals surface area (Å²) in [5.74, 6) is 0.947. The Morgan fingerprint density at radius 2 is 2.04 bits per heavy atom. The molecule has 0 N–H and O–H groups in total. The fourth-order valence-corrected chi connectivity index (χ4v) is 4.01. The minimum Gasteiger partial charge on any atom is -0.342 e. The molecule has 1 saturated carbocycles. The Morgan fingerprint density at radius 3 is 2.70 bits per heavy atom. The Labute approximate surface area is 142 Å². The van der Waals surface area contributed by atoms with Crippen molar-refractivity contribution < 1.29 is 4.79 Å². The molecule has 23 heavy (non-hydrogen) atoms. The zero-order valence-electron chi connectivity index (χ0n) is 14.3. The van der Waals surface area contributed by atoms with E-state index in [1.165, 1.54) is 31.0 Å². The van der Waals surface area contributed by atoms with Gasteiger partial charge in [-0.3, -0.25) is 4.79 Å². The Kier molecular flexibility index (Phi) is 6.00. The summed E-state index contributed by atoms with van der Waals surface area (Å²) in [5.41, 5.74) is 2.13. The van der Waals surface area contributed by atoms with Gasteiger partial charge >= 0.3 is 0 Å². The van der Waals surface area contributed by atoms with Gasteiger partial charge in [-0.1, -0.05) is 31.5 Å². The van der Waals surface area contributed by atoms with Crippen LogP contribution in [0, 0.1) is 31.1 Å². The molecule has 1 aliphatic rings. The zero-order chi connectivity index (χ0) is 17.0. The van der Waals surface area contributed by atoms with Crippen molar-refractivity contribution in [3.8, 4) is 6.07 Å². The van der Waals surface area contributed by atoms with E-state index in [2.05, 4.69) is 23.2 Å². The zero-order valence-corrected chi connectivity index (χ0v) is 15.1. The fraction of sp³-hybridized carbons (Fsp3) is 0.647. The van der Waals surface area contributed by atoms with Crippen LogP contribution in [0.15, 0.2) is 5.03 Å². The van der Waals surface area contributed by atoms with Crippen LogP contribution in [0.3, 0.4) is 0 Å². The first-order chi connectivity index (χ1) is 11.0. The van der Waals surface area contributed by atoms with E-state index in [-0.39, 0.29) is 5.91 Å². The molecule has 0 aromatic carbocycles. The van der Waals surface area contributed by atoms with E-state index in [0.717, 1.165) is 17.7 Å². The fourth-order valence-electron chi connectivity index (χ4n) is 3.11. The molecule has 0 radical (unpaired) electrons. The molecule has 1 heterocycles. The highest BCUT2D eigenvalue weighted by molar-refractivity contribution is 7.99. The van der Waals surface area contributed by atoms with E-state index in [9.17, 15) is 10.1 Å². The molecule has 124 valence electrons.